The Hall–Kier alpha value is -4.16. The molecular weight excluding hydrogens is 644 g/mol. The molecule has 1 aromatic carbocycles. The van der Waals surface area contributed by atoms with Gasteiger partial charge in [-0.3, -0.25) is 28.8 Å². The number of carbonyl (C=O) groups is 6. The van der Waals surface area contributed by atoms with Crippen LogP contribution in [0, 0.1) is 0 Å². The van der Waals surface area contributed by atoms with E-state index in [0.717, 1.165) is 41.5 Å². The van der Waals surface area contributed by atoms with Gasteiger partial charge >= 0.3 is 35.8 Å². The van der Waals surface area contributed by atoms with E-state index >= 15 is 0 Å². The van der Waals surface area contributed by atoms with E-state index in [4.69, 9.17) is 47.4 Å². The summed E-state index contributed by atoms with van der Waals surface area (Å²) in [6, 6.07) is 8.80. The van der Waals surface area contributed by atoms with Gasteiger partial charge in [0.05, 0.1) is 6.61 Å². The minimum absolute atomic E-state index is 0.0915. The third-order valence-electron chi connectivity index (χ3n) is 6.89. The highest BCUT2D eigenvalue weighted by Crippen LogP contribution is 2.35. The summed E-state index contributed by atoms with van der Waals surface area (Å²) in [4.78, 5) is 72.4. The number of aliphatic hydroxyl groups excluding tert-OH is 1. The number of hydrogen-bond acceptors (Lipinski definition) is 17. The van der Waals surface area contributed by atoms with E-state index in [9.17, 15) is 33.9 Å². The average Bonchev–Trinajstić information content (AvgIpc) is 2.98. The first-order valence-electron chi connectivity index (χ1n) is 14.9. The summed E-state index contributed by atoms with van der Waals surface area (Å²) < 4.78 is 56.1. The Bertz CT molecular complexity index is 1280. The summed E-state index contributed by atoms with van der Waals surface area (Å²) in [6.07, 6.45) is -15.3. The predicted molar refractivity (Wildman–Crippen MR) is 155 cm³/mol. The maximum absolute atomic E-state index is 12.3. The van der Waals surface area contributed by atoms with Gasteiger partial charge in [0.15, 0.2) is 37.0 Å². The van der Waals surface area contributed by atoms with E-state index in [0.29, 0.717) is 5.56 Å². The molecule has 2 aliphatic heterocycles. The van der Waals surface area contributed by atoms with Gasteiger partial charge in [0.1, 0.15) is 37.6 Å². The lowest BCUT2D eigenvalue weighted by Crippen LogP contribution is -2.67. The minimum Gasteiger partial charge on any atom is -0.463 e. The zero-order chi connectivity index (χ0) is 35.5. The van der Waals surface area contributed by atoms with E-state index in [1.54, 1.807) is 30.3 Å². The Balaban J connectivity index is 2.11. The van der Waals surface area contributed by atoms with Crippen molar-refractivity contribution in [2.75, 3.05) is 13.2 Å². The molecule has 0 spiro atoms. The highest BCUT2D eigenvalue weighted by molar-refractivity contribution is 5.69. The number of hydrogen-bond donors (Lipinski definition) is 1. The zero-order valence-electron chi connectivity index (χ0n) is 27.3. The lowest BCUT2D eigenvalue weighted by Gasteiger charge is -2.48. The number of rotatable bonds is 13. The van der Waals surface area contributed by atoms with Crippen molar-refractivity contribution in [1.29, 1.82) is 0 Å². The van der Waals surface area contributed by atoms with Crippen molar-refractivity contribution < 1.29 is 81.2 Å². The Kier molecular flexibility index (Phi) is 14.2. The Morgan fingerprint density at radius 2 is 1.04 bits per heavy atom. The molecule has 48 heavy (non-hydrogen) atoms. The van der Waals surface area contributed by atoms with Crippen molar-refractivity contribution in [1.82, 2.24) is 0 Å². The third-order valence-corrected chi connectivity index (χ3v) is 6.89. The molecule has 0 aliphatic carbocycles. The van der Waals surface area contributed by atoms with Crippen LogP contribution in [0.4, 0.5) is 0 Å². The monoisotopic (exact) mass is 684 g/mol. The fourth-order valence-electron chi connectivity index (χ4n) is 5.11. The highest BCUT2D eigenvalue weighted by Gasteiger charge is 2.57. The molecule has 0 aromatic heterocycles. The molecule has 17 nitrogen and oxygen atoms in total. The fourth-order valence-corrected chi connectivity index (χ4v) is 5.11. The second-order valence-corrected chi connectivity index (χ2v) is 10.9. The summed E-state index contributed by atoms with van der Waals surface area (Å²) in [5.74, 6) is -4.83. The first-order chi connectivity index (χ1) is 22.7. The van der Waals surface area contributed by atoms with Crippen LogP contribution >= 0.6 is 0 Å². The second kappa shape index (κ2) is 17.8. The summed E-state index contributed by atoms with van der Waals surface area (Å²) in [6.45, 7) is 5.41. The van der Waals surface area contributed by atoms with Gasteiger partial charge in [-0.2, -0.15) is 0 Å². The predicted octanol–water partition coefficient (Wildman–Crippen LogP) is 0.252. The maximum atomic E-state index is 12.3. The molecule has 2 saturated heterocycles. The van der Waals surface area contributed by atoms with Gasteiger partial charge in [0, 0.05) is 41.5 Å². The van der Waals surface area contributed by atoms with Crippen molar-refractivity contribution >= 4 is 35.8 Å². The number of ether oxygens (including phenoxy) is 10. The normalized spacial score (nSPS) is 29.9. The molecule has 1 aromatic rings. The van der Waals surface area contributed by atoms with E-state index < -0.39 is 110 Å². The van der Waals surface area contributed by atoms with Gasteiger partial charge in [-0.1, -0.05) is 30.3 Å². The van der Waals surface area contributed by atoms with Gasteiger partial charge < -0.3 is 52.5 Å². The summed E-state index contributed by atoms with van der Waals surface area (Å²) >= 11 is 0. The van der Waals surface area contributed by atoms with E-state index in [1.807, 2.05) is 0 Å². The molecular formula is C31H40O17. The zero-order valence-corrected chi connectivity index (χ0v) is 27.3. The molecule has 266 valence electrons. The average molecular weight is 685 g/mol. The lowest BCUT2D eigenvalue weighted by atomic mass is 9.96. The van der Waals surface area contributed by atoms with Gasteiger partial charge in [-0.15, -0.1) is 0 Å². The largest absolute Gasteiger partial charge is 0.463 e. The van der Waals surface area contributed by atoms with Crippen molar-refractivity contribution in [2.24, 2.45) is 0 Å². The van der Waals surface area contributed by atoms with E-state index in [-0.39, 0.29) is 6.61 Å². The topological polar surface area (TPSA) is 215 Å². The number of esters is 6. The van der Waals surface area contributed by atoms with Crippen LogP contribution < -0.4 is 0 Å². The summed E-state index contributed by atoms with van der Waals surface area (Å²) in [5, 5.41) is 11.1. The minimum atomic E-state index is -1.77. The van der Waals surface area contributed by atoms with Crippen LogP contribution in [-0.4, -0.2) is 116 Å². The van der Waals surface area contributed by atoms with Crippen LogP contribution in [0.1, 0.15) is 47.1 Å². The van der Waals surface area contributed by atoms with Gasteiger partial charge in [-0.05, 0) is 5.56 Å². The van der Waals surface area contributed by atoms with Crippen LogP contribution in [-0.2, 0) is 82.7 Å². The molecule has 2 aliphatic rings. The van der Waals surface area contributed by atoms with Crippen molar-refractivity contribution in [3.8, 4) is 0 Å². The fraction of sp³-hybridized carbons (Fsp3) is 0.613. The molecule has 0 amide bonds. The standard InChI is InChI=1S/C31H40O17/c1-15(32)39-13-22-24(42-17(3)34)26(28(30(38)46-22)41-12-21-10-8-7-9-11-21)48-31-29(45-20(6)37)27(44-19(5)36)25(43-18(4)35)23(47-31)14-40-16(2)33/h7-11,22-31,38H,12-14H2,1-6H3/t22-,23-,24+,25+,26+,27+,28-,29-,30-,31+/m1/s1. The molecule has 0 unspecified atom stereocenters. The van der Waals surface area contributed by atoms with Crippen molar-refractivity contribution in [3.63, 3.8) is 0 Å². The second-order valence-electron chi connectivity index (χ2n) is 10.9. The van der Waals surface area contributed by atoms with E-state index in [1.165, 1.54) is 0 Å². The molecule has 0 bridgehead atoms. The van der Waals surface area contributed by atoms with Crippen LogP contribution in [0.2, 0.25) is 0 Å². The molecule has 2 fully saturated rings. The van der Waals surface area contributed by atoms with Gasteiger partial charge in [0.2, 0.25) is 0 Å². The molecule has 0 radical (unpaired) electrons. The Morgan fingerprint density at radius 1 is 0.583 bits per heavy atom. The smallest absolute Gasteiger partial charge is 0.303 e. The summed E-state index contributed by atoms with van der Waals surface area (Å²) in [7, 11) is 0. The van der Waals surface area contributed by atoms with Crippen LogP contribution in [0.15, 0.2) is 30.3 Å². The quantitative estimate of drug-likeness (QED) is 0.218. The SMILES string of the molecule is CC(=O)OC[C@H]1O[C@@H](O)[C@H](OCc2ccccc2)[C@@H](O[C@@H]2O[C@H](COC(C)=O)[C@H](OC(C)=O)[C@H](OC(C)=O)[C@H]2OC(C)=O)[C@H]1OC(C)=O. The van der Waals surface area contributed by atoms with Crippen LogP contribution in [0.25, 0.3) is 0 Å². The maximum Gasteiger partial charge on any atom is 0.303 e. The number of aliphatic hydroxyl groups is 1. The van der Waals surface area contributed by atoms with Gasteiger partial charge in [-0.25, -0.2) is 0 Å². The van der Waals surface area contributed by atoms with Crippen molar-refractivity contribution in [2.45, 2.75) is 110 Å². The summed E-state index contributed by atoms with van der Waals surface area (Å²) in [5.41, 5.74) is 0.682. The molecule has 10 atom stereocenters. The van der Waals surface area contributed by atoms with Crippen LogP contribution in [0.5, 0.6) is 0 Å². The first kappa shape index (κ1) is 38.3. The third kappa shape index (κ3) is 11.2. The van der Waals surface area contributed by atoms with Crippen molar-refractivity contribution in [3.05, 3.63) is 35.9 Å². The molecule has 1 N–H and O–H groups in total. The number of carbonyl (C=O) groups excluding carboxylic acids is 6. The molecule has 17 heteroatoms. The van der Waals surface area contributed by atoms with Gasteiger partial charge in [0.25, 0.3) is 0 Å². The lowest BCUT2D eigenvalue weighted by molar-refractivity contribution is -0.362. The molecule has 0 saturated carbocycles. The Morgan fingerprint density at radius 3 is 1.54 bits per heavy atom. The Labute approximate surface area is 275 Å². The van der Waals surface area contributed by atoms with Crippen LogP contribution in [0.3, 0.4) is 0 Å². The highest BCUT2D eigenvalue weighted by atomic mass is 16.8. The number of benzene rings is 1. The van der Waals surface area contributed by atoms with E-state index in [2.05, 4.69) is 0 Å². The first-order valence-corrected chi connectivity index (χ1v) is 14.9. The molecule has 3 rings (SSSR count). The molecule has 2 heterocycles.